The first kappa shape index (κ1) is 43.2. The predicted molar refractivity (Wildman–Crippen MR) is 246 cm³/mol. The normalized spacial score (nSPS) is 14.9. The van der Waals surface area contributed by atoms with Gasteiger partial charge in [-0.05, 0) is 145 Å². The number of hydrogen-bond donors (Lipinski definition) is 0. The summed E-state index contributed by atoms with van der Waals surface area (Å²) in [7, 11) is 0. The molecule has 0 nitrogen and oxygen atoms in total. The molecule has 0 saturated heterocycles. The highest BCUT2D eigenvalue weighted by Gasteiger charge is 2.29. The van der Waals surface area contributed by atoms with Crippen molar-refractivity contribution in [3.63, 3.8) is 0 Å². The van der Waals surface area contributed by atoms with E-state index in [1.807, 2.05) is 0 Å². The molecule has 5 atom stereocenters. The Hall–Kier alpha value is -3.90. The molecule has 0 amide bonds. The fraction of sp³-hybridized carbons (Fsp3) is 0.464. The fourth-order valence-corrected chi connectivity index (χ4v) is 9.08. The zero-order valence-electron chi connectivity index (χ0n) is 37.1. The standard InChI is InChI=1S/C56H74/c1-12-14-50(46-25-17-41(4)18-26-46)36-52(48-29-21-43(22-30-48)39-55(6,7)8)38-53(47-27-19-42(5)20-28-47)37-51(49-31-33-54(34-32-49)56(9,10)11)35-44(13-2)45-23-15-40(3)16-24-45/h15-34,44,50-53H,12-14,35-39H2,1-11H3. The third-order valence-corrected chi connectivity index (χ3v) is 12.5. The Kier molecular flexibility index (Phi) is 15.1. The van der Waals surface area contributed by atoms with Crippen molar-refractivity contribution < 1.29 is 0 Å². The molecule has 5 rings (SSSR count). The van der Waals surface area contributed by atoms with Crippen molar-refractivity contribution in [2.45, 2.75) is 163 Å². The molecule has 0 spiro atoms. The highest BCUT2D eigenvalue weighted by atomic mass is 14.3. The van der Waals surface area contributed by atoms with Gasteiger partial charge >= 0.3 is 0 Å². The lowest BCUT2D eigenvalue weighted by Crippen LogP contribution is -2.16. The molecule has 0 aliphatic rings. The van der Waals surface area contributed by atoms with Crippen molar-refractivity contribution in [1.29, 1.82) is 0 Å². The molecule has 0 heteroatoms. The van der Waals surface area contributed by atoms with Gasteiger partial charge in [0.1, 0.15) is 0 Å². The second-order valence-corrected chi connectivity index (χ2v) is 19.7. The van der Waals surface area contributed by atoms with Crippen LogP contribution in [0.25, 0.3) is 0 Å². The minimum absolute atomic E-state index is 0.133. The van der Waals surface area contributed by atoms with Crippen molar-refractivity contribution in [2.24, 2.45) is 5.41 Å². The van der Waals surface area contributed by atoms with Crippen LogP contribution >= 0.6 is 0 Å². The summed E-state index contributed by atoms with van der Waals surface area (Å²) < 4.78 is 0. The molecule has 0 aliphatic carbocycles. The summed E-state index contributed by atoms with van der Waals surface area (Å²) in [5, 5.41) is 0. The summed E-state index contributed by atoms with van der Waals surface area (Å²) in [6.07, 6.45) is 9.27. The largest absolute Gasteiger partial charge is 0.0654 e. The Labute approximate surface area is 343 Å². The van der Waals surface area contributed by atoms with Gasteiger partial charge in [-0.25, -0.2) is 0 Å². The summed E-state index contributed by atoms with van der Waals surface area (Å²) in [6, 6.07) is 48.0. The summed E-state index contributed by atoms with van der Waals surface area (Å²) in [5.41, 5.74) is 14.7. The van der Waals surface area contributed by atoms with Crippen LogP contribution in [0.4, 0.5) is 0 Å². The Bertz CT molecular complexity index is 1870. The van der Waals surface area contributed by atoms with E-state index in [1.165, 1.54) is 74.9 Å². The predicted octanol–water partition coefficient (Wildman–Crippen LogP) is 16.5. The Balaban J connectivity index is 1.58. The van der Waals surface area contributed by atoms with Gasteiger partial charge in [0.15, 0.2) is 0 Å². The van der Waals surface area contributed by atoms with Crippen LogP contribution in [0.5, 0.6) is 0 Å². The maximum atomic E-state index is 2.49. The number of hydrogen-bond acceptors (Lipinski definition) is 0. The van der Waals surface area contributed by atoms with Gasteiger partial charge in [-0.15, -0.1) is 0 Å². The van der Waals surface area contributed by atoms with E-state index in [0.29, 0.717) is 29.6 Å². The van der Waals surface area contributed by atoms with Gasteiger partial charge in [-0.1, -0.05) is 200 Å². The van der Waals surface area contributed by atoms with Gasteiger partial charge in [0.05, 0.1) is 0 Å². The van der Waals surface area contributed by atoms with Crippen LogP contribution in [-0.2, 0) is 11.8 Å². The molecule has 0 heterocycles. The molecule has 56 heavy (non-hydrogen) atoms. The minimum Gasteiger partial charge on any atom is -0.0654 e. The van der Waals surface area contributed by atoms with Gasteiger partial charge < -0.3 is 0 Å². The lowest BCUT2D eigenvalue weighted by atomic mass is 9.72. The molecule has 0 saturated carbocycles. The van der Waals surface area contributed by atoms with Crippen LogP contribution in [-0.4, -0.2) is 0 Å². The first-order chi connectivity index (χ1) is 26.6. The number of benzene rings is 5. The second kappa shape index (κ2) is 19.5. The van der Waals surface area contributed by atoms with E-state index >= 15 is 0 Å². The van der Waals surface area contributed by atoms with Crippen LogP contribution in [0.15, 0.2) is 121 Å². The van der Waals surface area contributed by atoms with E-state index in [4.69, 9.17) is 0 Å². The summed E-state index contributed by atoms with van der Waals surface area (Å²) in [5.74, 6) is 2.37. The van der Waals surface area contributed by atoms with Crippen molar-refractivity contribution in [3.8, 4) is 0 Å². The van der Waals surface area contributed by atoms with E-state index in [9.17, 15) is 0 Å². The van der Waals surface area contributed by atoms with Gasteiger partial charge in [-0.2, -0.15) is 0 Å². The third-order valence-electron chi connectivity index (χ3n) is 12.5. The van der Waals surface area contributed by atoms with E-state index in [-0.39, 0.29) is 10.8 Å². The smallest absolute Gasteiger partial charge is 0.0132 e. The van der Waals surface area contributed by atoms with Crippen LogP contribution in [0.3, 0.4) is 0 Å². The molecule has 0 N–H and O–H groups in total. The van der Waals surface area contributed by atoms with E-state index in [0.717, 1.165) is 32.1 Å². The van der Waals surface area contributed by atoms with Gasteiger partial charge in [0.25, 0.3) is 0 Å². The second-order valence-electron chi connectivity index (χ2n) is 19.7. The highest BCUT2D eigenvalue weighted by molar-refractivity contribution is 5.34. The molecule has 5 aromatic carbocycles. The zero-order valence-corrected chi connectivity index (χ0v) is 37.1. The van der Waals surface area contributed by atoms with Crippen LogP contribution in [0.1, 0.15) is 186 Å². The first-order valence-electron chi connectivity index (χ1n) is 22.0. The van der Waals surface area contributed by atoms with Crippen molar-refractivity contribution in [1.82, 2.24) is 0 Å². The van der Waals surface area contributed by atoms with Gasteiger partial charge in [0, 0.05) is 0 Å². The lowest BCUT2D eigenvalue weighted by Gasteiger charge is -2.32. The Morgan fingerprint density at radius 1 is 0.393 bits per heavy atom. The molecule has 0 radical (unpaired) electrons. The summed E-state index contributed by atoms with van der Waals surface area (Å²) in [4.78, 5) is 0. The minimum atomic E-state index is 0.133. The van der Waals surface area contributed by atoms with Crippen molar-refractivity contribution >= 4 is 0 Å². The van der Waals surface area contributed by atoms with Crippen LogP contribution in [0.2, 0.25) is 0 Å². The molecule has 5 aromatic rings. The van der Waals surface area contributed by atoms with Crippen molar-refractivity contribution in [3.05, 3.63) is 177 Å². The van der Waals surface area contributed by atoms with E-state index in [1.54, 1.807) is 0 Å². The highest BCUT2D eigenvalue weighted by Crippen LogP contribution is 2.45. The maximum absolute atomic E-state index is 2.49. The number of rotatable bonds is 17. The quantitative estimate of drug-likeness (QED) is 0.0889. The average molecular weight is 747 g/mol. The zero-order chi connectivity index (χ0) is 40.5. The van der Waals surface area contributed by atoms with E-state index in [2.05, 4.69) is 197 Å². The monoisotopic (exact) mass is 747 g/mol. The summed E-state index contributed by atoms with van der Waals surface area (Å²) in [6.45, 7) is 25.4. The van der Waals surface area contributed by atoms with E-state index < -0.39 is 0 Å². The maximum Gasteiger partial charge on any atom is -0.0132 e. The molecule has 0 aromatic heterocycles. The van der Waals surface area contributed by atoms with Gasteiger partial charge in [-0.3, -0.25) is 0 Å². The topological polar surface area (TPSA) is 0 Å². The SMILES string of the molecule is CCCC(CC(CC(CC(CC(CC)c1ccc(C)cc1)c1ccc(C(C)(C)C)cc1)c1ccc(C)cc1)c1ccc(CC(C)(C)C)cc1)c1ccc(C)cc1. The molecule has 298 valence electrons. The Morgan fingerprint density at radius 3 is 1.07 bits per heavy atom. The molecule has 0 aliphatic heterocycles. The van der Waals surface area contributed by atoms with Crippen LogP contribution < -0.4 is 0 Å². The molecular formula is C56H74. The molecule has 0 bridgehead atoms. The van der Waals surface area contributed by atoms with Crippen LogP contribution in [0, 0.1) is 26.2 Å². The molecule has 0 fully saturated rings. The lowest BCUT2D eigenvalue weighted by molar-refractivity contribution is 0.397. The summed E-state index contributed by atoms with van der Waals surface area (Å²) >= 11 is 0. The number of aryl methyl sites for hydroxylation is 3. The first-order valence-corrected chi connectivity index (χ1v) is 22.0. The fourth-order valence-electron chi connectivity index (χ4n) is 9.08. The molecular weight excluding hydrogens is 673 g/mol. The van der Waals surface area contributed by atoms with Gasteiger partial charge in [0.2, 0.25) is 0 Å². The molecule has 5 unspecified atom stereocenters. The Morgan fingerprint density at radius 2 is 0.714 bits per heavy atom. The van der Waals surface area contributed by atoms with Crippen molar-refractivity contribution in [2.75, 3.05) is 0 Å². The third kappa shape index (κ3) is 12.6. The average Bonchev–Trinajstić information content (AvgIpc) is 3.16.